The summed E-state index contributed by atoms with van der Waals surface area (Å²) in [5.74, 6) is -4.58. The Bertz CT molecular complexity index is 1210. The van der Waals surface area contributed by atoms with Crippen LogP contribution >= 0.6 is 0 Å². The fraction of sp³-hybridized carbons (Fsp3) is 0.238. The monoisotopic (exact) mass is 458 g/mol. The minimum atomic E-state index is -4.99. The molecule has 1 aromatic heterocycles. The number of carboxylic acid groups (broad SMARTS) is 1. The number of aliphatic carboxylic acids is 1. The number of rotatable bonds is 4. The molecule has 0 spiro atoms. The van der Waals surface area contributed by atoms with Gasteiger partial charge >= 0.3 is 18.3 Å². The van der Waals surface area contributed by atoms with Crippen molar-refractivity contribution in [2.75, 3.05) is 0 Å². The predicted octanol–water partition coefficient (Wildman–Crippen LogP) is 5.77. The second kappa shape index (κ2) is 8.18. The zero-order valence-electron chi connectivity index (χ0n) is 15.9. The van der Waals surface area contributed by atoms with Crippen LogP contribution in [0.4, 0.5) is 30.7 Å². The highest BCUT2D eigenvalue weighted by molar-refractivity contribution is 6.00. The van der Waals surface area contributed by atoms with Crippen molar-refractivity contribution in [3.8, 4) is 6.07 Å². The summed E-state index contributed by atoms with van der Waals surface area (Å²) in [5, 5.41) is 18.3. The largest absolute Gasteiger partial charge is 0.477 e. The lowest BCUT2D eigenvalue weighted by Gasteiger charge is -2.25. The number of nitriles is 1. The van der Waals surface area contributed by atoms with Crippen LogP contribution in [0.25, 0.3) is 17.0 Å². The molecule has 1 atom stereocenters. The molecule has 1 aliphatic rings. The van der Waals surface area contributed by atoms with E-state index in [1.807, 2.05) is 0 Å². The smallest absolute Gasteiger partial charge is 0.416 e. The third-order valence-corrected chi connectivity index (χ3v) is 4.87. The molecule has 1 unspecified atom stereocenters. The van der Waals surface area contributed by atoms with Gasteiger partial charge in [0, 0.05) is 23.7 Å². The maximum absolute atomic E-state index is 13.8. The fourth-order valence-electron chi connectivity index (χ4n) is 3.44. The molecule has 168 valence electrons. The third-order valence-electron chi connectivity index (χ3n) is 4.87. The molecule has 0 fully saturated rings. The fourth-order valence-corrected chi connectivity index (χ4v) is 3.44. The summed E-state index contributed by atoms with van der Waals surface area (Å²) < 4.78 is 94.1. The van der Waals surface area contributed by atoms with Gasteiger partial charge in [-0.15, -0.1) is 0 Å². The van der Waals surface area contributed by atoms with Gasteiger partial charge in [0.25, 0.3) is 0 Å². The van der Waals surface area contributed by atoms with Gasteiger partial charge in [0.05, 0.1) is 17.0 Å². The number of halogens is 7. The van der Waals surface area contributed by atoms with E-state index in [2.05, 4.69) is 0 Å². The Balaban J connectivity index is 2.10. The van der Waals surface area contributed by atoms with Crippen LogP contribution in [0.15, 0.2) is 53.3 Å². The van der Waals surface area contributed by atoms with Crippen molar-refractivity contribution >= 4 is 22.9 Å². The second-order valence-electron chi connectivity index (χ2n) is 7.12. The molecule has 0 radical (unpaired) electrons. The normalized spacial score (nSPS) is 17.7. The molecule has 0 saturated carbocycles. The van der Waals surface area contributed by atoms with E-state index in [4.69, 9.17) is 10.4 Å². The van der Waals surface area contributed by atoms with E-state index in [1.165, 1.54) is 22.9 Å². The van der Waals surface area contributed by atoms with Crippen LogP contribution in [0.3, 0.4) is 0 Å². The van der Waals surface area contributed by atoms with Gasteiger partial charge in [-0.05, 0) is 42.3 Å². The minimum absolute atomic E-state index is 0.117. The van der Waals surface area contributed by atoms with Crippen molar-refractivity contribution in [1.82, 2.24) is 4.57 Å². The molecule has 1 N–H and O–H groups in total. The van der Waals surface area contributed by atoms with Crippen LogP contribution in [0.2, 0.25) is 0 Å². The maximum atomic E-state index is 13.8. The molecule has 0 aliphatic heterocycles. The van der Waals surface area contributed by atoms with Crippen LogP contribution in [-0.4, -0.2) is 28.0 Å². The summed E-state index contributed by atoms with van der Waals surface area (Å²) in [6.07, 6.45) is -7.60. The van der Waals surface area contributed by atoms with Gasteiger partial charge in [-0.2, -0.15) is 31.6 Å². The van der Waals surface area contributed by atoms with Crippen molar-refractivity contribution in [1.29, 1.82) is 5.26 Å². The first-order valence-electron chi connectivity index (χ1n) is 8.98. The van der Waals surface area contributed by atoms with E-state index in [0.717, 1.165) is 18.2 Å². The summed E-state index contributed by atoms with van der Waals surface area (Å²) in [6, 6.07) is 4.82. The quantitative estimate of drug-likeness (QED) is 0.360. The number of carboxylic acids is 1. The lowest BCUT2D eigenvalue weighted by Crippen LogP contribution is -2.27. The molecular weight excluding hydrogens is 445 g/mol. The average molecular weight is 458 g/mol. The van der Waals surface area contributed by atoms with E-state index >= 15 is 0 Å². The first-order valence-corrected chi connectivity index (χ1v) is 8.98. The number of aromatic nitrogens is 1. The van der Waals surface area contributed by atoms with E-state index in [0.29, 0.717) is 6.08 Å². The molecule has 3 rings (SSSR count). The van der Waals surface area contributed by atoms with Crippen LogP contribution in [0.1, 0.15) is 12.0 Å². The lowest BCUT2D eigenvalue weighted by atomic mass is 9.89. The zero-order valence-corrected chi connectivity index (χ0v) is 15.9. The van der Waals surface area contributed by atoms with Crippen LogP contribution in [0.5, 0.6) is 0 Å². The van der Waals surface area contributed by atoms with Crippen molar-refractivity contribution in [3.05, 3.63) is 64.6 Å². The standard InChI is InChI=1S/C21H13F7N2O2/c22-16-1-2-17-13(5-12(8-29)19(31)32)10-30(18(17)7-16)9-11-3-14(20(23,24)25)6-15(4-11)21(26,27)28/h1-3,5-7,10,15H,4,9H2,(H,31,32)/b12-5+. The van der Waals surface area contributed by atoms with Crippen molar-refractivity contribution in [2.24, 2.45) is 5.92 Å². The number of carbonyl (C=O) groups is 1. The van der Waals surface area contributed by atoms with Gasteiger partial charge in [-0.3, -0.25) is 0 Å². The maximum Gasteiger partial charge on any atom is 0.416 e. The number of nitrogens with zero attached hydrogens (tertiary/aromatic N) is 2. The van der Waals surface area contributed by atoms with Crippen molar-refractivity contribution in [2.45, 2.75) is 25.3 Å². The summed E-state index contributed by atoms with van der Waals surface area (Å²) in [6.45, 7) is -0.428. The topological polar surface area (TPSA) is 66.0 Å². The molecule has 4 nitrogen and oxygen atoms in total. The number of hydrogen-bond acceptors (Lipinski definition) is 2. The Morgan fingerprint density at radius 3 is 2.50 bits per heavy atom. The second-order valence-corrected chi connectivity index (χ2v) is 7.12. The number of fused-ring (bicyclic) bond motifs is 1. The first kappa shape index (κ1) is 23.1. The van der Waals surface area contributed by atoms with E-state index < -0.39 is 54.2 Å². The Morgan fingerprint density at radius 2 is 1.94 bits per heavy atom. The molecule has 2 aromatic rings. The Hall–Kier alpha value is -3.55. The van der Waals surface area contributed by atoms with Crippen molar-refractivity contribution < 1.29 is 40.6 Å². The molecule has 0 bridgehead atoms. The molecule has 0 amide bonds. The van der Waals surface area contributed by atoms with Crippen molar-refractivity contribution in [3.63, 3.8) is 0 Å². The van der Waals surface area contributed by atoms with E-state index in [1.54, 1.807) is 0 Å². The number of allylic oxidation sites excluding steroid dienone is 4. The molecular formula is C21H13F7N2O2. The summed E-state index contributed by atoms with van der Waals surface area (Å²) in [5.41, 5.74) is -2.01. The first-order chi connectivity index (χ1) is 14.8. The molecule has 1 aromatic carbocycles. The minimum Gasteiger partial charge on any atom is -0.477 e. The van der Waals surface area contributed by atoms with Gasteiger partial charge in [0.1, 0.15) is 17.5 Å². The third kappa shape index (κ3) is 4.85. The summed E-state index contributed by atoms with van der Waals surface area (Å²) >= 11 is 0. The highest BCUT2D eigenvalue weighted by Gasteiger charge is 2.44. The van der Waals surface area contributed by atoms with Crippen LogP contribution < -0.4 is 0 Å². The SMILES string of the molecule is N#C/C(=C\c1cn(CC2=CC(C(F)(F)F)=CC(C(F)(F)F)C2)c2cc(F)ccc12)C(=O)O. The Kier molecular flexibility index (Phi) is 5.91. The Labute approximate surface area is 176 Å². The highest BCUT2D eigenvalue weighted by Crippen LogP contribution is 2.41. The van der Waals surface area contributed by atoms with Gasteiger partial charge < -0.3 is 9.67 Å². The predicted molar refractivity (Wildman–Crippen MR) is 99.5 cm³/mol. The van der Waals surface area contributed by atoms with E-state index in [9.17, 15) is 35.5 Å². The van der Waals surface area contributed by atoms with Gasteiger partial charge in [0.15, 0.2) is 0 Å². The summed E-state index contributed by atoms with van der Waals surface area (Å²) in [4.78, 5) is 11.1. The zero-order chi connectivity index (χ0) is 23.8. The van der Waals surface area contributed by atoms with Crippen LogP contribution in [-0.2, 0) is 11.3 Å². The van der Waals surface area contributed by atoms with Gasteiger partial charge in [-0.25, -0.2) is 9.18 Å². The summed E-state index contributed by atoms with van der Waals surface area (Å²) in [7, 11) is 0. The Morgan fingerprint density at radius 1 is 1.25 bits per heavy atom. The molecule has 1 heterocycles. The lowest BCUT2D eigenvalue weighted by molar-refractivity contribution is -0.162. The highest BCUT2D eigenvalue weighted by atomic mass is 19.4. The molecule has 0 saturated heterocycles. The van der Waals surface area contributed by atoms with E-state index in [-0.39, 0.29) is 28.1 Å². The average Bonchev–Trinajstić information content (AvgIpc) is 3.00. The number of hydrogen-bond donors (Lipinski definition) is 1. The number of benzene rings is 1. The van der Waals surface area contributed by atoms with Crippen LogP contribution in [0, 0.1) is 23.1 Å². The number of alkyl halides is 6. The molecule has 1 aliphatic carbocycles. The molecule has 32 heavy (non-hydrogen) atoms. The van der Waals surface area contributed by atoms with Gasteiger partial charge in [-0.1, -0.05) is 6.08 Å². The van der Waals surface area contributed by atoms with Gasteiger partial charge in [0.2, 0.25) is 0 Å². The molecule has 11 heteroatoms.